The van der Waals surface area contributed by atoms with Gasteiger partial charge in [0, 0.05) is 23.6 Å². The summed E-state index contributed by atoms with van der Waals surface area (Å²) in [5, 5.41) is 6.03. The highest BCUT2D eigenvalue weighted by Crippen LogP contribution is 2.25. The Morgan fingerprint density at radius 3 is 2.88 bits per heavy atom. The molecule has 0 aliphatic heterocycles. The SMILES string of the molecule is O=C(NCc1cccnc1-c1cccs1)c1cc2ccccc2[nH]1. The lowest BCUT2D eigenvalue weighted by Crippen LogP contribution is -2.23. The van der Waals surface area contributed by atoms with Gasteiger partial charge in [0.2, 0.25) is 0 Å². The molecule has 0 radical (unpaired) electrons. The third-order valence-electron chi connectivity index (χ3n) is 3.86. The van der Waals surface area contributed by atoms with Gasteiger partial charge in [0.1, 0.15) is 5.69 Å². The summed E-state index contributed by atoms with van der Waals surface area (Å²) in [4.78, 5) is 21.1. The van der Waals surface area contributed by atoms with Gasteiger partial charge in [0.15, 0.2) is 0 Å². The minimum absolute atomic E-state index is 0.118. The number of carbonyl (C=O) groups is 1. The number of benzene rings is 1. The van der Waals surface area contributed by atoms with Gasteiger partial charge in [-0.2, -0.15) is 0 Å². The number of nitrogens with zero attached hydrogens (tertiary/aromatic N) is 1. The van der Waals surface area contributed by atoms with Crippen LogP contribution in [0.4, 0.5) is 0 Å². The number of hydrogen-bond donors (Lipinski definition) is 2. The molecule has 1 amide bonds. The van der Waals surface area contributed by atoms with E-state index in [0.29, 0.717) is 12.2 Å². The molecule has 0 atom stereocenters. The predicted octanol–water partition coefficient (Wildman–Crippen LogP) is 4.22. The maximum absolute atomic E-state index is 12.4. The van der Waals surface area contributed by atoms with E-state index in [4.69, 9.17) is 0 Å². The number of hydrogen-bond acceptors (Lipinski definition) is 3. The van der Waals surface area contributed by atoms with Crippen molar-refractivity contribution >= 4 is 28.1 Å². The van der Waals surface area contributed by atoms with Crippen molar-refractivity contribution in [2.45, 2.75) is 6.54 Å². The molecule has 3 heterocycles. The molecule has 4 aromatic rings. The number of aromatic amines is 1. The fraction of sp³-hybridized carbons (Fsp3) is 0.0526. The molecule has 4 nitrogen and oxygen atoms in total. The largest absolute Gasteiger partial charge is 0.351 e. The van der Waals surface area contributed by atoms with Gasteiger partial charge in [-0.05, 0) is 35.2 Å². The average molecular weight is 333 g/mol. The molecule has 24 heavy (non-hydrogen) atoms. The average Bonchev–Trinajstić information content (AvgIpc) is 3.29. The summed E-state index contributed by atoms with van der Waals surface area (Å²) < 4.78 is 0. The van der Waals surface area contributed by atoms with Crippen molar-refractivity contribution in [3.8, 4) is 10.6 Å². The second-order valence-electron chi connectivity index (χ2n) is 5.44. The number of amides is 1. The number of H-pyrrole nitrogens is 1. The van der Waals surface area contributed by atoms with E-state index in [1.165, 1.54) is 0 Å². The molecule has 0 aliphatic carbocycles. The van der Waals surface area contributed by atoms with Crippen LogP contribution in [0.3, 0.4) is 0 Å². The highest BCUT2D eigenvalue weighted by Gasteiger charge is 2.11. The Bertz CT molecular complexity index is 956. The lowest BCUT2D eigenvalue weighted by molar-refractivity contribution is 0.0947. The van der Waals surface area contributed by atoms with E-state index in [1.54, 1.807) is 17.5 Å². The molecule has 0 aliphatic rings. The second-order valence-corrected chi connectivity index (χ2v) is 6.39. The molecular weight excluding hydrogens is 318 g/mol. The first-order chi connectivity index (χ1) is 11.8. The molecule has 2 N–H and O–H groups in total. The fourth-order valence-electron chi connectivity index (χ4n) is 2.68. The van der Waals surface area contributed by atoms with Crippen LogP contribution in [0.5, 0.6) is 0 Å². The lowest BCUT2D eigenvalue weighted by Gasteiger charge is -2.08. The third-order valence-corrected chi connectivity index (χ3v) is 4.74. The van der Waals surface area contributed by atoms with Crippen molar-refractivity contribution in [2.75, 3.05) is 0 Å². The van der Waals surface area contributed by atoms with Crippen LogP contribution < -0.4 is 5.32 Å². The lowest BCUT2D eigenvalue weighted by atomic mass is 10.1. The first-order valence-electron chi connectivity index (χ1n) is 7.65. The Balaban J connectivity index is 1.54. The van der Waals surface area contributed by atoms with Crippen LogP contribution in [-0.2, 0) is 6.54 Å². The zero-order chi connectivity index (χ0) is 16.4. The van der Waals surface area contributed by atoms with Crippen LogP contribution in [0.2, 0.25) is 0 Å². The summed E-state index contributed by atoms with van der Waals surface area (Å²) in [5.41, 5.74) is 3.45. The molecule has 1 aromatic carbocycles. The molecule has 0 spiro atoms. The van der Waals surface area contributed by atoms with Gasteiger partial charge in [-0.25, -0.2) is 0 Å². The number of nitrogens with one attached hydrogen (secondary N) is 2. The fourth-order valence-corrected chi connectivity index (χ4v) is 3.44. The zero-order valence-corrected chi connectivity index (χ0v) is 13.6. The molecule has 0 fully saturated rings. The summed E-state index contributed by atoms with van der Waals surface area (Å²) >= 11 is 1.64. The highest BCUT2D eigenvalue weighted by molar-refractivity contribution is 7.13. The highest BCUT2D eigenvalue weighted by atomic mass is 32.1. The molecule has 4 rings (SSSR count). The maximum Gasteiger partial charge on any atom is 0.267 e. The second kappa shape index (κ2) is 6.29. The van der Waals surface area contributed by atoms with Crippen molar-refractivity contribution in [3.05, 3.63) is 77.4 Å². The van der Waals surface area contributed by atoms with Gasteiger partial charge in [-0.15, -0.1) is 11.3 Å². The molecule has 3 aromatic heterocycles. The van der Waals surface area contributed by atoms with Crippen LogP contribution in [0, 0.1) is 0 Å². The summed E-state index contributed by atoms with van der Waals surface area (Å²) in [6, 6.07) is 17.6. The number of aromatic nitrogens is 2. The number of carbonyl (C=O) groups excluding carboxylic acids is 1. The van der Waals surface area contributed by atoms with E-state index in [9.17, 15) is 4.79 Å². The molecule has 0 saturated heterocycles. The summed E-state index contributed by atoms with van der Waals surface area (Å²) in [5.74, 6) is -0.118. The van der Waals surface area contributed by atoms with Crippen LogP contribution in [0.15, 0.2) is 66.2 Å². The van der Waals surface area contributed by atoms with Gasteiger partial charge >= 0.3 is 0 Å². The standard InChI is InChI=1S/C19H15N3OS/c23-19(16-11-13-5-1-2-7-15(13)22-16)21-12-14-6-3-9-20-18(14)17-8-4-10-24-17/h1-11,22H,12H2,(H,21,23). The van der Waals surface area contributed by atoms with Gasteiger partial charge in [0.25, 0.3) is 5.91 Å². The quantitative estimate of drug-likeness (QED) is 0.587. The number of rotatable bonds is 4. The maximum atomic E-state index is 12.4. The van der Waals surface area contributed by atoms with Gasteiger partial charge in [-0.3, -0.25) is 9.78 Å². The summed E-state index contributed by atoms with van der Waals surface area (Å²) in [6.45, 7) is 0.440. The molecular formula is C19H15N3OS. The Morgan fingerprint density at radius 2 is 2.04 bits per heavy atom. The minimum atomic E-state index is -0.118. The number of para-hydroxylation sites is 1. The minimum Gasteiger partial charge on any atom is -0.351 e. The van der Waals surface area contributed by atoms with E-state index in [0.717, 1.165) is 27.0 Å². The van der Waals surface area contributed by atoms with E-state index >= 15 is 0 Å². The normalized spacial score (nSPS) is 10.8. The molecule has 118 valence electrons. The number of fused-ring (bicyclic) bond motifs is 1. The van der Waals surface area contributed by atoms with Gasteiger partial charge < -0.3 is 10.3 Å². The first-order valence-corrected chi connectivity index (χ1v) is 8.53. The van der Waals surface area contributed by atoms with Crippen molar-refractivity contribution < 1.29 is 4.79 Å². The Kier molecular flexibility index (Phi) is 3.84. The van der Waals surface area contributed by atoms with Crippen LogP contribution in [0.25, 0.3) is 21.5 Å². The van der Waals surface area contributed by atoms with Crippen LogP contribution in [0.1, 0.15) is 16.1 Å². The van der Waals surface area contributed by atoms with Gasteiger partial charge in [-0.1, -0.05) is 30.3 Å². The number of thiophene rings is 1. The Hall–Kier alpha value is -2.92. The van der Waals surface area contributed by atoms with Crippen LogP contribution in [-0.4, -0.2) is 15.9 Å². The van der Waals surface area contributed by atoms with E-state index in [1.807, 2.05) is 60.0 Å². The monoisotopic (exact) mass is 333 g/mol. The number of pyridine rings is 1. The Labute approximate surface area is 143 Å². The van der Waals surface area contributed by atoms with Crippen LogP contribution >= 0.6 is 11.3 Å². The van der Waals surface area contributed by atoms with Crippen molar-refractivity contribution in [3.63, 3.8) is 0 Å². The summed E-state index contributed by atoms with van der Waals surface area (Å²) in [6.07, 6.45) is 1.78. The van der Waals surface area contributed by atoms with Crippen molar-refractivity contribution in [2.24, 2.45) is 0 Å². The summed E-state index contributed by atoms with van der Waals surface area (Å²) in [7, 11) is 0. The van der Waals surface area contributed by atoms with E-state index in [-0.39, 0.29) is 5.91 Å². The smallest absolute Gasteiger partial charge is 0.267 e. The Morgan fingerprint density at radius 1 is 1.12 bits per heavy atom. The third kappa shape index (κ3) is 2.81. The first kappa shape index (κ1) is 14.7. The molecule has 0 bridgehead atoms. The molecule has 5 heteroatoms. The molecule has 0 saturated carbocycles. The van der Waals surface area contributed by atoms with E-state index in [2.05, 4.69) is 15.3 Å². The predicted molar refractivity (Wildman–Crippen MR) is 97.0 cm³/mol. The van der Waals surface area contributed by atoms with Gasteiger partial charge in [0.05, 0.1) is 10.6 Å². The van der Waals surface area contributed by atoms with Crippen molar-refractivity contribution in [1.29, 1.82) is 0 Å². The zero-order valence-electron chi connectivity index (χ0n) is 12.8. The topological polar surface area (TPSA) is 57.8 Å². The molecule has 0 unspecified atom stereocenters. The van der Waals surface area contributed by atoms with E-state index < -0.39 is 0 Å². The van der Waals surface area contributed by atoms with Crippen molar-refractivity contribution in [1.82, 2.24) is 15.3 Å².